The summed E-state index contributed by atoms with van der Waals surface area (Å²) < 4.78 is 54.2. The van der Waals surface area contributed by atoms with E-state index in [1.54, 1.807) is 0 Å². The molecule has 0 spiro atoms. The zero-order chi connectivity index (χ0) is 49.8. The number of hydrogen-bond acceptors (Lipinski definition) is 11. The van der Waals surface area contributed by atoms with Gasteiger partial charge in [0.2, 0.25) is 0 Å². The molecule has 1 saturated heterocycles. The van der Waals surface area contributed by atoms with Crippen LogP contribution in [0.1, 0.15) is 194 Å². The van der Waals surface area contributed by atoms with Crippen LogP contribution in [0.4, 0.5) is 0 Å². The van der Waals surface area contributed by atoms with Crippen LogP contribution in [0.2, 0.25) is 0 Å². The van der Waals surface area contributed by atoms with Gasteiger partial charge in [-0.15, -0.1) is 0 Å². The van der Waals surface area contributed by atoms with E-state index in [-0.39, 0.29) is 19.4 Å². The van der Waals surface area contributed by atoms with Gasteiger partial charge < -0.3 is 34.3 Å². The van der Waals surface area contributed by atoms with Crippen LogP contribution >= 0.6 is 0 Å². The molecule has 1 aliphatic heterocycles. The highest BCUT2D eigenvalue weighted by atomic mass is 32.2. The summed E-state index contributed by atoms with van der Waals surface area (Å²) in [6, 6.07) is 0. The number of allylic oxidation sites excluding steroid dienone is 14. The highest BCUT2D eigenvalue weighted by Crippen LogP contribution is 2.24. The smallest absolute Gasteiger partial charge is 0.306 e. The minimum Gasteiger partial charge on any atom is -0.462 e. The third-order valence-electron chi connectivity index (χ3n) is 11.5. The summed E-state index contributed by atoms with van der Waals surface area (Å²) >= 11 is 0. The summed E-state index contributed by atoms with van der Waals surface area (Å²) in [6.45, 7) is 3.59. The molecule has 1 rings (SSSR count). The SMILES string of the molecule is CC/C=C/C/C=C/C/C=C/C/C=C/C/C=C/C/C=C/CCC(=O)OC[C@H](CO[C@H]1O[C@H](CS(=O)(=O)O)[C@@H](O)C(O)C1O)OC(=O)CCCCCCCCCCCCC/C=C/CCCCCCCC. The van der Waals surface area contributed by atoms with Crippen molar-refractivity contribution in [2.45, 2.75) is 230 Å². The maximum atomic E-state index is 12.9. The maximum Gasteiger partial charge on any atom is 0.306 e. The van der Waals surface area contributed by atoms with Crippen LogP contribution in [-0.2, 0) is 38.7 Å². The Bertz CT molecular complexity index is 1570. The molecule has 2 unspecified atom stereocenters. The van der Waals surface area contributed by atoms with Crippen molar-refractivity contribution in [3.05, 3.63) is 85.1 Å². The van der Waals surface area contributed by atoms with E-state index in [2.05, 4.69) is 86.8 Å². The summed E-state index contributed by atoms with van der Waals surface area (Å²) in [7, 11) is -4.62. The van der Waals surface area contributed by atoms with Gasteiger partial charge >= 0.3 is 11.9 Å². The van der Waals surface area contributed by atoms with Gasteiger partial charge in [0.1, 0.15) is 36.8 Å². The number of carbonyl (C=O) groups is 2. The van der Waals surface area contributed by atoms with E-state index < -0.39 is 71.2 Å². The Morgan fingerprint density at radius 2 is 0.956 bits per heavy atom. The van der Waals surface area contributed by atoms with Crippen LogP contribution in [-0.4, -0.2) is 96.0 Å². The van der Waals surface area contributed by atoms with Crippen molar-refractivity contribution in [1.82, 2.24) is 0 Å². The number of esters is 2. The van der Waals surface area contributed by atoms with Crippen LogP contribution in [0.5, 0.6) is 0 Å². The minimum atomic E-state index is -4.62. The van der Waals surface area contributed by atoms with Gasteiger partial charge in [0.15, 0.2) is 12.4 Å². The Balaban J connectivity index is 2.42. The number of rotatable bonds is 43. The standard InChI is InChI=1S/C55H92O12S/c1-3-5-7-9-11-13-15-17-19-21-23-24-26-28-30-32-34-36-38-40-42-44-51(57)66-48(46-65-55-54(60)53(59)52(58)49(67-55)47-68(61,62)63)45-64-50(56)43-41-39-37-35-33-31-29-27-25-22-20-18-16-14-12-10-8-6-4-2/h6,8,12,14,17-20,25,27,31,33,37,39,48-49,52-55,58-60H,3-5,7,9-11,13,15-16,21-24,26,28-30,32,34-36,38,40-47H2,1-2H3,(H,61,62,63)/b8-6+,14-12+,19-17+,20-18+,27-25+,33-31+,39-37+/t48-,49-,52-,53?,54?,55+/m1/s1. The van der Waals surface area contributed by atoms with Crippen LogP contribution in [0.15, 0.2) is 85.1 Å². The second-order valence-electron chi connectivity index (χ2n) is 17.8. The van der Waals surface area contributed by atoms with Crippen molar-refractivity contribution in [2.75, 3.05) is 19.0 Å². The quantitative estimate of drug-likeness (QED) is 0.0196. The van der Waals surface area contributed by atoms with Gasteiger partial charge in [0.05, 0.1) is 6.61 Å². The third-order valence-corrected chi connectivity index (χ3v) is 12.2. The molecule has 0 saturated carbocycles. The molecule has 68 heavy (non-hydrogen) atoms. The van der Waals surface area contributed by atoms with E-state index in [1.807, 2.05) is 12.2 Å². The van der Waals surface area contributed by atoms with Crippen molar-refractivity contribution >= 4 is 22.1 Å². The Labute approximate surface area is 411 Å². The Morgan fingerprint density at radius 3 is 1.44 bits per heavy atom. The molecule has 1 aliphatic rings. The number of aliphatic hydroxyl groups excluding tert-OH is 3. The molecule has 0 amide bonds. The molecular weight excluding hydrogens is 885 g/mol. The normalized spacial score (nSPS) is 19.9. The molecule has 0 bridgehead atoms. The average molecular weight is 977 g/mol. The Hall–Kier alpha value is -3.17. The molecule has 12 nitrogen and oxygen atoms in total. The van der Waals surface area contributed by atoms with Crippen molar-refractivity contribution < 1.29 is 56.8 Å². The molecule has 1 fully saturated rings. The van der Waals surface area contributed by atoms with E-state index in [4.69, 9.17) is 18.9 Å². The van der Waals surface area contributed by atoms with Gasteiger partial charge in [0.25, 0.3) is 10.1 Å². The first-order chi connectivity index (χ1) is 33.0. The molecule has 0 aromatic carbocycles. The number of aliphatic hydroxyl groups is 3. The largest absolute Gasteiger partial charge is 0.462 e. The first kappa shape index (κ1) is 62.8. The fourth-order valence-corrected chi connectivity index (χ4v) is 8.15. The van der Waals surface area contributed by atoms with Crippen molar-refractivity contribution in [3.8, 4) is 0 Å². The molecule has 0 aromatic rings. The highest BCUT2D eigenvalue weighted by molar-refractivity contribution is 7.85. The lowest BCUT2D eigenvalue weighted by Gasteiger charge is -2.40. The second-order valence-corrected chi connectivity index (χ2v) is 19.3. The molecule has 0 radical (unpaired) electrons. The molecule has 6 atom stereocenters. The lowest BCUT2D eigenvalue weighted by molar-refractivity contribution is -0.297. The molecule has 0 aliphatic carbocycles. The lowest BCUT2D eigenvalue weighted by Crippen LogP contribution is -2.60. The van der Waals surface area contributed by atoms with E-state index in [0.717, 1.165) is 57.8 Å². The first-order valence-corrected chi connectivity index (χ1v) is 27.8. The van der Waals surface area contributed by atoms with Gasteiger partial charge in [-0.25, -0.2) is 0 Å². The highest BCUT2D eigenvalue weighted by Gasteiger charge is 2.46. The van der Waals surface area contributed by atoms with Crippen LogP contribution in [0.3, 0.4) is 0 Å². The molecule has 390 valence electrons. The predicted molar refractivity (Wildman–Crippen MR) is 274 cm³/mol. The Morgan fingerprint density at radius 1 is 0.515 bits per heavy atom. The van der Waals surface area contributed by atoms with E-state index in [1.165, 1.54) is 96.3 Å². The molecule has 1 heterocycles. The zero-order valence-corrected chi connectivity index (χ0v) is 42.7. The number of carbonyl (C=O) groups excluding carboxylic acids is 2. The monoisotopic (exact) mass is 977 g/mol. The first-order valence-electron chi connectivity index (χ1n) is 26.1. The lowest BCUT2D eigenvalue weighted by atomic mass is 10.00. The topological polar surface area (TPSA) is 186 Å². The number of unbranched alkanes of at least 4 members (excludes halogenated alkanes) is 17. The van der Waals surface area contributed by atoms with Crippen molar-refractivity contribution in [3.63, 3.8) is 0 Å². The van der Waals surface area contributed by atoms with E-state index >= 15 is 0 Å². The van der Waals surface area contributed by atoms with Crippen molar-refractivity contribution in [1.29, 1.82) is 0 Å². The molecule has 0 aromatic heterocycles. The van der Waals surface area contributed by atoms with Gasteiger partial charge in [-0.3, -0.25) is 14.1 Å². The summed E-state index contributed by atoms with van der Waals surface area (Å²) in [6.07, 6.45) is 49.2. The van der Waals surface area contributed by atoms with Crippen LogP contribution < -0.4 is 0 Å². The number of ether oxygens (including phenoxy) is 4. The predicted octanol–water partition coefficient (Wildman–Crippen LogP) is 12.0. The third kappa shape index (κ3) is 37.7. The Kier molecular flexibility index (Phi) is 40.5. The fraction of sp³-hybridized carbons (Fsp3) is 0.709. The zero-order valence-electron chi connectivity index (χ0n) is 41.9. The van der Waals surface area contributed by atoms with Gasteiger partial charge in [-0.1, -0.05) is 189 Å². The summed E-state index contributed by atoms with van der Waals surface area (Å²) in [5.41, 5.74) is 0. The van der Waals surface area contributed by atoms with E-state index in [9.17, 15) is 37.9 Å². The molecule has 4 N–H and O–H groups in total. The van der Waals surface area contributed by atoms with Crippen LogP contribution in [0.25, 0.3) is 0 Å². The van der Waals surface area contributed by atoms with Crippen molar-refractivity contribution in [2.24, 2.45) is 0 Å². The van der Waals surface area contributed by atoms with Gasteiger partial charge in [-0.2, -0.15) is 8.42 Å². The summed E-state index contributed by atoms with van der Waals surface area (Å²) in [5.74, 6) is -2.10. The minimum absolute atomic E-state index is 0.0901. The average Bonchev–Trinajstić information content (AvgIpc) is 3.31. The maximum absolute atomic E-state index is 12.9. The molecule has 13 heteroatoms. The van der Waals surface area contributed by atoms with Crippen LogP contribution in [0, 0.1) is 0 Å². The van der Waals surface area contributed by atoms with E-state index in [0.29, 0.717) is 12.8 Å². The second kappa shape index (κ2) is 43.8. The molecular formula is C55H92O12S. The fourth-order valence-electron chi connectivity index (χ4n) is 7.46. The van der Waals surface area contributed by atoms with Gasteiger partial charge in [0, 0.05) is 12.8 Å². The summed E-state index contributed by atoms with van der Waals surface area (Å²) in [4.78, 5) is 25.5. The van der Waals surface area contributed by atoms with Gasteiger partial charge in [-0.05, 0) is 77.0 Å². The summed E-state index contributed by atoms with van der Waals surface area (Å²) in [5, 5.41) is 31.0. The number of hydrogen-bond donors (Lipinski definition) is 4.